The first-order chi connectivity index (χ1) is 12.9. The van der Waals surface area contributed by atoms with Gasteiger partial charge < -0.3 is 15.0 Å². The van der Waals surface area contributed by atoms with Crippen molar-refractivity contribution in [2.75, 3.05) is 12.0 Å². The van der Waals surface area contributed by atoms with Crippen molar-refractivity contribution < 1.29 is 14.7 Å². The van der Waals surface area contributed by atoms with E-state index in [-0.39, 0.29) is 11.9 Å². The van der Waals surface area contributed by atoms with Crippen molar-refractivity contribution in [1.82, 2.24) is 14.8 Å². The van der Waals surface area contributed by atoms with Gasteiger partial charge in [0.05, 0.1) is 11.7 Å². The molecule has 2 N–H and O–H groups in total. The van der Waals surface area contributed by atoms with Crippen LogP contribution in [0.4, 0.5) is 0 Å². The lowest BCUT2D eigenvalue weighted by Gasteiger charge is -2.42. The van der Waals surface area contributed by atoms with Gasteiger partial charge in [-0.1, -0.05) is 18.2 Å². The normalized spacial score (nSPS) is 22.7. The zero-order valence-corrected chi connectivity index (χ0v) is 16.7. The molecule has 144 valence electrons. The summed E-state index contributed by atoms with van der Waals surface area (Å²) in [7, 11) is 0. The first-order valence-corrected chi connectivity index (χ1v) is 10.7. The fourth-order valence-corrected chi connectivity index (χ4v) is 5.16. The highest BCUT2D eigenvalue weighted by Crippen LogP contribution is 2.41. The molecule has 27 heavy (non-hydrogen) atoms. The molecule has 2 aliphatic heterocycles. The highest BCUT2D eigenvalue weighted by Gasteiger charge is 2.56. The van der Waals surface area contributed by atoms with E-state index < -0.39 is 17.7 Å². The van der Waals surface area contributed by atoms with E-state index in [2.05, 4.69) is 22.0 Å². The number of carbonyl (C=O) groups excluding carboxylic acids is 1. The van der Waals surface area contributed by atoms with Crippen LogP contribution in [0.2, 0.25) is 0 Å². The largest absolute Gasteiger partial charge is 0.480 e. The zero-order valence-electron chi connectivity index (χ0n) is 15.9. The number of rotatable bonds is 5. The standard InChI is InChI=1S/C20H25N3O3S/c1-20(2)22-11-15-13(12-6-4-5-7-14(12)21-15)10-17(22)18(24)23(20)16(19(25)26)8-9-27-3/h4-7,16-17,21H,8-11H2,1-3H3,(H,25,26)/t16-,17-/m0/s1. The van der Waals surface area contributed by atoms with E-state index in [9.17, 15) is 14.7 Å². The van der Waals surface area contributed by atoms with Crippen LogP contribution >= 0.6 is 11.8 Å². The number of aromatic amines is 1. The Bertz CT molecular complexity index is 907. The number of H-pyrrole nitrogens is 1. The summed E-state index contributed by atoms with van der Waals surface area (Å²) in [4.78, 5) is 32.5. The number of aromatic nitrogens is 1. The van der Waals surface area contributed by atoms with Crippen LogP contribution in [0.3, 0.4) is 0 Å². The average molecular weight is 388 g/mol. The van der Waals surface area contributed by atoms with E-state index in [1.54, 1.807) is 16.7 Å². The molecule has 0 spiro atoms. The molecule has 2 atom stereocenters. The van der Waals surface area contributed by atoms with Crippen molar-refractivity contribution in [2.24, 2.45) is 0 Å². The number of amides is 1. The summed E-state index contributed by atoms with van der Waals surface area (Å²) in [5, 5.41) is 11.0. The SMILES string of the molecule is CSCC[C@@H](C(=O)O)N1C(=O)[C@@H]2Cc3c([nH]c4ccccc34)CN2C1(C)C. The van der Waals surface area contributed by atoms with E-state index in [0.29, 0.717) is 25.1 Å². The number of fused-ring (bicyclic) bond motifs is 4. The summed E-state index contributed by atoms with van der Waals surface area (Å²) in [6.07, 6.45) is 3.03. The highest BCUT2D eigenvalue weighted by molar-refractivity contribution is 7.98. The zero-order chi connectivity index (χ0) is 19.3. The van der Waals surface area contributed by atoms with Crippen molar-refractivity contribution in [3.8, 4) is 0 Å². The Labute approximate surface area is 162 Å². The predicted molar refractivity (Wildman–Crippen MR) is 107 cm³/mol. The molecule has 4 rings (SSSR count). The van der Waals surface area contributed by atoms with Crippen molar-refractivity contribution in [2.45, 2.75) is 51.0 Å². The van der Waals surface area contributed by atoms with Gasteiger partial charge in [-0.25, -0.2) is 4.79 Å². The summed E-state index contributed by atoms with van der Waals surface area (Å²) in [6, 6.07) is 7.06. The monoisotopic (exact) mass is 387 g/mol. The molecule has 0 saturated carbocycles. The maximum absolute atomic E-state index is 13.3. The molecular weight excluding hydrogens is 362 g/mol. The molecule has 1 aromatic heterocycles. The number of aliphatic carboxylic acids is 1. The number of thioether (sulfide) groups is 1. The summed E-state index contributed by atoms with van der Waals surface area (Å²) < 4.78 is 0. The molecule has 0 radical (unpaired) electrons. The lowest BCUT2D eigenvalue weighted by Crippen LogP contribution is -2.56. The van der Waals surface area contributed by atoms with Gasteiger partial charge in [-0.15, -0.1) is 0 Å². The Kier molecular flexibility index (Phi) is 4.47. The number of para-hydroxylation sites is 1. The molecule has 0 bridgehead atoms. The van der Waals surface area contributed by atoms with Gasteiger partial charge in [0.2, 0.25) is 5.91 Å². The van der Waals surface area contributed by atoms with Crippen LogP contribution in [0.1, 0.15) is 31.5 Å². The molecule has 2 aromatic rings. The number of carboxylic acid groups (broad SMARTS) is 1. The Morgan fingerprint density at radius 3 is 2.85 bits per heavy atom. The first-order valence-electron chi connectivity index (χ1n) is 9.26. The summed E-state index contributed by atoms with van der Waals surface area (Å²) in [5.41, 5.74) is 2.77. The second-order valence-electron chi connectivity index (χ2n) is 7.81. The van der Waals surface area contributed by atoms with Crippen molar-refractivity contribution in [1.29, 1.82) is 0 Å². The quantitative estimate of drug-likeness (QED) is 0.825. The maximum atomic E-state index is 13.3. The Balaban J connectivity index is 1.71. The number of hydrogen-bond donors (Lipinski definition) is 2. The first kappa shape index (κ1) is 18.4. The number of nitrogens with one attached hydrogen (secondary N) is 1. The Morgan fingerprint density at radius 2 is 2.15 bits per heavy atom. The molecular formula is C20H25N3O3S. The van der Waals surface area contributed by atoms with Crippen LogP contribution in [0.5, 0.6) is 0 Å². The number of hydrogen-bond acceptors (Lipinski definition) is 4. The molecule has 6 nitrogen and oxygen atoms in total. The van der Waals surface area contributed by atoms with Crippen molar-refractivity contribution in [3.63, 3.8) is 0 Å². The lowest BCUT2D eigenvalue weighted by molar-refractivity contribution is -0.153. The summed E-state index contributed by atoms with van der Waals surface area (Å²) in [6.45, 7) is 4.56. The smallest absolute Gasteiger partial charge is 0.326 e. The molecule has 0 aliphatic carbocycles. The third kappa shape index (κ3) is 2.75. The van der Waals surface area contributed by atoms with Crippen LogP contribution in [-0.4, -0.2) is 61.5 Å². The third-order valence-corrected chi connectivity index (χ3v) is 6.66. The van der Waals surface area contributed by atoms with Crippen LogP contribution in [0.15, 0.2) is 24.3 Å². The molecule has 1 saturated heterocycles. The second-order valence-corrected chi connectivity index (χ2v) is 8.80. The fourth-order valence-electron chi connectivity index (χ4n) is 4.70. The number of nitrogens with zero attached hydrogens (tertiary/aromatic N) is 2. The van der Waals surface area contributed by atoms with Gasteiger partial charge in [-0.3, -0.25) is 9.69 Å². The fraction of sp³-hybridized carbons (Fsp3) is 0.500. The minimum Gasteiger partial charge on any atom is -0.480 e. The van der Waals surface area contributed by atoms with E-state index in [1.165, 1.54) is 5.56 Å². The molecule has 7 heteroatoms. The van der Waals surface area contributed by atoms with Crippen molar-refractivity contribution in [3.05, 3.63) is 35.5 Å². The number of benzene rings is 1. The molecule has 3 heterocycles. The average Bonchev–Trinajstić information content (AvgIpc) is 3.08. The molecule has 1 fully saturated rings. The van der Waals surface area contributed by atoms with Gasteiger partial charge in [-0.05, 0) is 50.3 Å². The Hall–Kier alpha value is -1.99. The topological polar surface area (TPSA) is 76.6 Å². The van der Waals surface area contributed by atoms with E-state index in [1.807, 2.05) is 32.2 Å². The van der Waals surface area contributed by atoms with Gasteiger partial charge in [0.25, 0.3) is 0 Å². The van der Waals surface area contributed by atoms with Crippen LogP contribution in [0, 0.1) is 0 Å². The van der Waals surface area contributed by atoms with Gasteiger partial charge in [0.15, 0.2) is 0 Å². The van der Waals surface area contributed by atoms with E-state index in [4.69, 9.17) is 0 Å². The van der Waals surface area contributed by atoms with Gasteiger partial charge in [0, 0.05) is 23.1 Å². The molecule has 1 amide bonds. The summed E-state index contributed by atoms with van der Waals surface area (Å²) in [5.74, 6) is -0.274. The van der Waals surface area contributed by atoms with Crippen LogP contribution < -0.4 is 0 Å². The van der Waals surface area contributed by atoms with E-state index >= 15 is 0 Å². The molecule has 0 unspecified atom stereocenters. The van der Waals surface area contributed by atoms with Gasteiger partial charge in [0.1, 0.15) is 6.04 Å². The molecule has 2 aliphatic rings. The second kappa shape index (κ2) is 6.56. The van der Waals surface area contributed by atoms with Gasteiger partial charge in [-0.2, -0.15) is 11.8 Å². The number of carboxylic acids is 1. The minimum absolute atomic E-state index is 0.0653. The lowest BCUT2D eigenvalue weighted by atomic mass is 9.96. The van der Waals surface area contributed by atoms with E-state index in [0.717, 1.165) is 16.6 Å². The number of carbonyl (C=O) groups is 2. The maximum Gasteiger partial charge on any atom is 0.326 e. The Morgan fingerprint density at radius 1 is 1.41 bits per heavy atom. The van der Waals surface area contributed by atoms with Crippen molar-refractivity contribution >= 4 is 34.5 Å². The van der Waals surface area contributed by atoms with Gasteiger partial charge >= 0.3 is 5.97 Å². The minimum atomic E-state index is -0.922. The van der Waals surface area contributed by atoms with Crippen LogP contribution in [0.25, 0.3) is 10.9 Å². The summed E-state index contributed by atoms with van der Waals surface area (Å²) >= 11 is 1.61. The molecule has 1 aromatic carbocycles. The predicted octanol–water partition coefficient (Wildman–Crippen LogP) is 2.68. The van der Waals surface area contributed by atoms with Crippen LogP contribution in [-0.2, 0) is 22.6 Å². The highest BCUT2D eigenvalue weighted by atomic mass is 32.2. The third-order valence-electron chi connectivity index (χ3n) is 6.01.